The highest BCUT2D eigenvalue weighted by Gasteiger charge is 2.04. The molecule has 0 saturated heterocycles. The summed E-state index contributed by atoms with van der Waals surface area (Å²) in [6, 6.07) is 0. The van der Waals surface area contributed by atoms with Gasteiger partial charge in [-0.2, -0.15) is 0 Å². The number of carbonyl (C=O) groups is 1. The Bertz CT molecular complexity index is 374. The summed E-state index contributed by atoms with van der Waals surface area (Å²) in [5, 5.41) is 11.7. The van der Waals surface area contributed by atoms with Gasteiger partial charge in [0.25, 0.3) is 0 Å². The lowest BCUT2D eigenvalue weighted by Gasteiger charge is -1.98. The minimum atomic E-state index is -0.313. The van der Waals surface area contributed by atoms with Gasteiger partial charge in [-0.25, -0.2) is 9.48 Å². The second-order valence-electron chi connectivity index (χ2n) is 2.77. The number of carbonyl (C=O) groups excluding carboxylic acids is 1. The Kier molecular flexibility index (Phi) is 4.29. The topological polar surface area (TPSA) is 69.9 Å². The summed E-state index contributed by atoms with van der Waals surface area (Å²) in [6.07, 6.45) is 1.78. The van der Waals surface area contributed by atoms with E-state index in [0.717, 1.165) is 0 Å². The van der Waals surface area contributed by atoms with Crippen LogP contribution < -0.4 is 0 Å². The Hall–Kier alpha value is -1.37. The van der Waals surface area contributed by atoms with E-state index in [9.17, 15) is 4.79 Å². The number of methoxy groups -OCH3 is 1. The maximum absolute atomic E-state index is 11.0. The fraction of sp³-hybridized carbons (Fsp3) is 0.500. The van der Waals surface area contributed by atoms with Crippen LogP contribution in [0.5, 0.6) is 0 Å². The predicted molar refractivity (Wildman–Crippen MR) is 55.3 cm³/mol. The van der Waals surface area contributed by atoms with Crippen molar-refractivity contribution in [2.75, 3.05) is 12.9 Å². The van der Waals surface area contributed by atoms with Crippen LogP contribution in [-0.4, -0.2) is 39.0 Å². The SMILES string of the molecule is COC(=O)C(C)=CCSc1nnnn1C. The highest BCUT2D eigenvalue weighted by Crippen LogP contribution is 2.13. The summed E-state index contributed by atoms with van der Waals surface area (Å²) >= 11 is 1.45. The average molecular weight is 228 g/mol. The van der Waals surface area contributed by atoms with E-state index in [-0.39, 0.29) is 5.97 Å². The Morgan fingerprint density at radius 2 is 2.40 bits per heavy atom. The van der Waals surface area contributed by atoms with E-state index in [1.54, 1.807) is 24.7 Å². The molecular weight excluding hydrogens is 216 g/mol. The van der Waals surface area contributed by atoms with Crippen LogP contribution in [0.25, 0.3) is 0 Å². The summed E-state index contributed by atoms with van der Waals surface area (Å²) in [6.45, 7) is 1.71. The number of nitrogens with zero attached hydrogens (tertiary/aromatic N) is 4. The Balaban J connectivity index is 2.45. The number of thioether (sulfide) groups is 1. The number of aryl methyl sites for hydroxylation is 1. The lowest BCUT2D eigenvalue weighted by molar-refractivity contribution is -0.136. The van der Waals surface area contributed by atoms with Gasteiger partial charge < -0.3 is 4.74 Å². The lowest BCUT2D eigenvalue weighted by atomic mass is 10.3. The molecule has 0 aliphatic heterocycles. The number of ether oxygens (including phenoxy) is 1. The first-order chi connectivity index (χ1) is 7.15. The molecule has 0 aliphatic rings. The van der Waals surface area contributed by atoms with Gasteiger partial charge in [0.05, 0.1) is 7.11 Å². The first kappa shape index (κ1) is 11.7. The van der Waals surface area contributed by atoms with E-state index in [0.29, 0.717) is 16.5 Å². The summed E-state index contributed by atoms with van der Waals surface area (Å²) in [7, 11) is 3.12. The smallest absolute Gasteiger partial charge is 0.333 e. The third kappa shape index (κ3) is 3.35. The van der Waals surface area contributed by atoms with Crippen LogP contribution in [0.2, 0.25) is 0 Å². The predicted octanol–water partition coefficient (Wildman–Crippen LogP) is 0.421. The van der Waals surface area contributed by atoms with Crippen molar-refractivity contribution in [3.63, 3.8) is 0 Å². The van der Waals surface area contributed by atoms with Crippen molar-refractivity contribution in [3.05, 3.63) is 11.6 Å². The Morgan fingerprint density at radius 3 is 2.93 bits per heavy atom. The van der Waals surface area contributed by atoms with Crippen LogP contribution in [0.1, 0.15) is 6.92 Å². The molecule has 1 rings (SSSR count). The molecule has 0 aromatic carbocycles. The van der Waals surface area contributed by atoms with E-state index in [1.165, 1.54) is 18.9 Å². The van der Waals surface area contributed by atoms with Gasteiger partial charge in [-0.3, -0.25) is 0 Å². The van der Waals surface area contributed by atoms with Crippen LogP contribution >= 0.6 is 11.8 Å². The molecule has 1 heterocycles. The van der Waals surface area contributed by atoms with E-state index in [2.05, 4.69) is 20.3 Å². The summed E-state index contributed by atoms with van der Waals surface area (Å²) in [4.78, 5) is 11.0. The van der Waals surface area contributed by atoms with Gasteiger partial charge in [0.2, 0.25) is 5.16 Å². The number of tetrazole rings is 1. The van der Waals surface area contributed by atoms with Crippen LogP contribution in [-0.2, 0) is 16.6 Å². The molecule has 0 fully saturated rings. The van der Waals surface area contributed by atoms with Crippen molar-refractivity contribution in [2.45, 2.75) is 12.1 Å². The molecule has 1 aromatic rings. The van der Waals surface area contributed by atoms with Crippen molar-refractivity contribution in [1.29, 1.82) is 0 Å². The molecule has 82 valence electrons. The van der Waals surface area contributed by atoms with Gasteiger partial charge in [0.15, 0.2) is 0 Å². The van der Waals surface area contributed by atoms with Gasteiger partial charge in [-0.15, -0.1) is 5.10 Å². The molecular formula is C8H12N4O2S. The molecule has 7 heteroatoms. The van der Waals surface area contributed by atoms with Crippen molar-refractivity contribution in [2.24, 2.45) is 7.05 Å². The zero-order valence-electron chi connectivity index (χ0n) is 8.80. The van der Waals surface area contributed by atoms with E-state index in [4.69, 9.17) is 0 Å². The lowest BCUT2D eigenvalue weighted by Crippen LogP contribution is -2.01. The molecule has 0 radical (unpaired) electrons. The third-order valence-corrected chi connectivity index (χ3v) is 2.63. The molecule has 0 aliphatic carbocycles. The number of rotatable bonds is 4. The van der Waals surface area contributed by atoms with Crippen molar-refractivity contribution in [3.8, 4) is 0 Å². The second kappa shape index (κ2) is 5.50. The normalized spacial score (nSPS) is 11.5. The number of hydrogen-bond donors (Lipinski definition) is 0. The van der Waals surface area contributed by atoms with Crippen LogP contribution in [0.3, 0.4) is 0 Å². The summed E-state index contributed by atoms with van der Waals surface area (Å²) in [5.41, 5.74) is 0.583. The van der Waals surface area contributed by atoms with Crippen LogP contribution in [0, 0.1) is 0 Å². The number of esters is 1. The molecule has 0 amide bonds. The van der Waals surface area contributed by atoms with Gasteiger partial charge in [-0.05, 0) is 17.4 Å². The highest BCUT2D eigenvalue weighted by molar-refractivity contribution is 7.99. The minimum Gasteiger partial charge on any atom is -0.466 e. The first-order valence-electron chi connectivity index (χ1n) is 4.25. The molecule has 0 saturated carbocycles. The Morgan fingerprint density at radius 1 is 1.67 bits per heavy atom. The molecule has 0 N–H and O–H groups in total. The molecule has 0 spiro atoms. The molecule has 0 unspecified atom stereocenters. The third-order valence-electron chi connectivity index (χ3n) is 1.69. The van der Waals surface area contributed by atoms with E-state index in [1.807, 2.05) is 0 Å². The van der Waals surface area contributed by atoms with Gasteiger partial charge in [0.1, 0.15) is 0 Å². The second-order valence-corrected chi connectivity index (χ2v) is 3.76. The van der Waals surface area contributed by atoms with Crippen LogP contribution in [0.4, 0.5) is 0 Å². The quantitative estimate of drug-likeness (QED) is 0.422. The van der Waals surface area contributed by atoms with Crippen molar-refractivity contribution >= 4 is 17.7 Å². The summed E-state index contributed by atoms with van der Waals surface area (Å²) in [5.74, 6) is 0.321. The molecule has 6 nitrogen and oxygen atoms in total. The maximum Gasteiger partial charge on any atom is 0.333 e. The van der Waals surface area contributed by atoms with Crippen LogP contribution in [0.15, 0.2) is 16.8 Å². The summed E-state index contributed by atoms with van der Waals surface area (Å²) < 4.78 is 6.14. The largest absolute Gasteiger partial charge is 0.466 e. The first-order valence-corrected chi connectivity index (χ1v) is 5.24. The zero-order chi connectivity index (χ0) is 11.3. The van der Waals surface area contributed by atoms with Gasteiger partial charge in [0, 0.05) is 18.4 Å². The Labute approximate surface area is 91.7 Å². The minimum absolute atomic E-state index is 0.313. The van der Waals surface area contributed by atoms with Gasteiger partial charge in [-0.1, -0.05) is 17.8 Å². The average Bonchev–Trinajstić information content (AvgIpc) is 2.63. The number of aromatic nitrogens is 4. The fourth-order valence-corrected chi connectivity index (χ4v) is 1.63. The number of hydrogen-bond acceptors (Lipinski definition) is 6. The standard InChI is InChI=1S/C8H12N4O2S/c1-6(7(13)14-3)4-5-15-8-9-10-11-12(8)2/h4H,5H2,1-3H3. The van der Waals surface area contributed by atoms with Gasteiger partial charge >= 0.3 is 5.97 Å². The molecule has 0 atom stereocenters. The van der Waals surface area contributed by atoms with E-state index < -0.39 is 0 Å². The van der Waals surface area contributed by atoms with Crippen molar-refractivity contribution < 1.29 is 9.53 Å². The fourth-order valence-electron chi connectivity index (χ4n) is 0.829. The monoisotopic (exact) mass is 228 g/mol. The van der Waals surface area contributed by atoms with Crippen molar-refractivity contribution in [1.82, 2.24) is 20.2 Å². The molecule has 0 bridgehead atoms. The highest BCUT2D eigenvalue weighted by atomic mass is 32.2. The molecule has 15 heavy (non-hydrogen) atoms. The molecule has 1 aromatic heterocycles. The van der Waals surface area contributed by atoms with E-state index >= 15 is 0 Å². The maximum atomic E-state index is 11.0. The zero-order valence-corrected chi connectivity index (χ0v) is 9.61.